The van der Waals surface area contributed by atoms with E-state index in [1.807, 2.05) is 6.92 Å². The zero-order chi connectivity index (χ0) is 18.1. The van der Waals surface area contributed by atoms with E-state index in [1.54, 1.807) is 47.1 Å². The Bertz CT molecular complexity index is 1180. The number of aryl methyl sites for hydroxylation is 1. The van der Waals surface area contributed by atoms with Gasteiger partial charge in [0, 0.05) is 6.54 Å². The van der Waals surface area contributed by atoms with Crippen LogP contribution in [0.5, 0.6) is 0 Å². The van der Waals surface area contributed by atoms with Crippen molar-refractivity contribution in [2.75, 3.05) is 0 Å². The van der Waals surface area contributed by atoms with Crippen LogP contribution in [0.2, 0.25) is 0 Å². The van der Waals surface area contributed by atoms with Crippen molar-refractivity contribution in [1.82, 2.24) is 30.0 Å². The quantitative estimate of drug-likeness (QED) is 0.512. The Hall–Kier alpha value is -3.62. The van der Waals surface area contributed by atoms with Gasteiger partial charge in [0.05, 0.1) is 16.5 Å². The monoisotopic (exact) mass is 350 g/mol. The molecule has 130 valence electrons. The first-order valence-corrected chi connectivity index (χ1v) is 8.00. The summed E-state index contributed by atoms with van der Waals surface area (Å²) in [6.45, 7) is 2.32. The lowest BCUT2D eigenvalue weighted by molar-refractivity contribution is 0.0336. The molecule has 0 unspecified atom stereocenters. The third kappa shape index (κ3) is 2.69. The maximum absolute atomic E-state index is 12.3. The van der Waals surface area contributed by atoms with Gasteiger partial charge in [-0.1, -0.05) is 22.6 Å². The van der Waals surface area contributed by atoms with E-state index in [0.29, 0.717) is 28.5 Å². The molecule has 2 heterocycles. The molecule has 0 N–H and O–H groups in total. The molecule has 0 aliphatic carbocycles. The van der Waals surface area contributed by atoms with Crippen LogP contribution in [0.1, 0.15) is 17.3 Å². The molecular formula is C17H14N6O3. The Morgan fingerprint density at radius 1 is 1.04 bits per heavy atom. The lowest BCUT2D eigenvalue weighted by Gasteiger charge is -2.06. The summed E-state index contributed by atoms with van der Waals surface area (Å²) < 4.78 is 7.93. The molecule has 4 rings (SSSR count). The van der Waals surface area contributed by atoms with Gasteiger partial charge in [0.1, 0.15) is 11.0 Å². The second-order valence-electron chi connectivity index (χ2n) is 5.58. The van der Waals surface area contributed by atoms with Crippen LogP contribution >= 0.6 is 0 Å². The van der Waals surface area contributed by atoms with E-state index in [2.05, 4.69) is 20.6 Å². The van der Waals surface area contributed by atoms with E-state index in [-0.39, 0.29) is 12.3 Å². The predicted octanol–water partition coefficient (Wildman–Crippen LogP) is 1.37. The molecular weight excluding hydrogens is 336 g/mol. The number of ether oxygens (including phenoxy) is 1. The minimum atomic E-state index is -0.584. The minimum Gasteiger partial charge on any atom is -0.439 e. The van der Waals surface area contributed by atoms with Crippen LogP contribution in [0, 0.1) is 0 Å². The standard InChI is InChI=1S/C17H14N6O3/c1-2-22-15-8-7-11(9-14(15)19-20-22)17(25)26-10-23-16(24)12-5-3-4-6-13(12)18-21-23/h3-9H,2,10H2,1H3. The van der Waals surface area contributed by atoms with Crippen LogP contribution in [-0.4, -0.2) is 36.0 Å². The molecule has 2 aromatic carbocycles. The van der Waals surface area contributed by atoms with Gasteiger partial charge in [0.25, 0.3) is 5.56 Å². The first kappa shape index (κ1) is 15.9. The van der Waals surface area contributed by atoms with E-state index in [0.717, 1.165) is 10.2 Å². The highest BCUT2D eigenvalue weighted by Crippen LogP contribution is 2.14. The summed E-state index contributed by atoms with van der Waals surface area (Å²) in [6.07, 6.45) is 0. The highest BCUT2D eigenvalue weighted by Gasteiger charge is 2.12. The molecule has 4 aromatic rings. The second-order valence-corrected chi connectivity index (χ2v) is 5.58. The van der Waals surface area contributed by atoms with E-state index in [9.17, 15) is 9.59 Å². The number of hydrogen-bond donors (Lipinski definition) is 0. The van der Waals surface area contributed by atoms with E-state index in [1.165, 1.54) is 0 Å². The van der Waals surface area contributed by atoms with Crippen LogP contribution < -0.4 is 5.56 Å². The zero-order valence-electron chi connectivity index (χ0n) is 13.9. The van der Waals surface area contributed by atoms with E-state index in [4.69, 9.17) is 4.74 Å². The van der Waals surface area contributed by atoms with Crippen molar-refractivity contribution >= 4 is 27.9 Å². The summed E-state index contributed by atoms with van der Waals surface area (Å²) in [5.41, 5.74) is 1.88. The van der Waals surface area contributed by atoms with Crippen molar-refractivity contribution in [2.45, 2.75) is 20.2 Å². The van der Waals surface area contributed by atoms with Crippen molar-refractivity contribution in [1.29, 1.82) is 0 Å². The lowest BCUT2D eigenvalue weighted by atomic mass is 10.2. The van der Waals surface area contributed by atoms with Crippen molar-refractivity contribution in [2.24, 2.45) is 0 Å². The van der Waals surface area contributed by atoms with Gasteiger partial charge in [-0.2, -0.15) is 4.68 Å². The topological polar surface area (TPSA) is 105 Å². The lowest BCUT2D eigenvalue weighted by Crippen LogP contribution is -2.26. The van der Waals surface area contributed by atoms with Gasteiger partial charge in [0.2, 0.25) is 0 Å². The number of nitrogens with zero attached hydrogens (tertiary/aromatic N) is 6. The van der Waals surface area contributed by atoms with Crippen molar-refractivity contribution in [3.63, 3.8) is 0 Å². The third-order valence-corrected chi connectivity index (χ3v) is 4.00. The molecule has 9 nitrogen and oxygen atoms in total. The number of aromatic nitrogens is 6. The number of rotatable bonds is 4. The number of hydrogen-bond acceptors (Lipinski definition) is 7. The van der Waals surface area contributed by atoms with E-state index >= 15 is 0 Å². The fourth-order valence-electron chi connectivity index (χ4n) is 2.64. The van der Waals surface area contributed by atoms with Crippen molar-refractivity contribution in [3.8, 4) is 0 Å². The minimum absolute atomic E-state index is 0.322. The SMILES string of the molecule is CCn1nnc2cc(C(=O)OCn3nnc4ccccc4c3=O)ccc21. The Morgan fingerprint density at radius 2 is 1.81 bits per heavy atom. The average molecular weight is 350 g/mol. The normalized spacial score (nSPS) is 11.1. The molecule has 26 heavy (non-hydrogen) atoms. The number of esters is 1. The highest BCUT2D eigenvalue weighted by atomic mass is 16.5. The first-order valence-electron chi connectivity index (χ1n) is 8.00. The molecule has 0 radical (unpaired) electrons. The van der Waals surface area contributed by atoms with Crippen LogP contribution in [0.25, 0.3) is 21.9 Å². The Kier molecular flexibility index (Phi) is 3.88. The van der Waals surface area contributed by atoms with Gasteiger partial charge >= 0.3 is 5.97 Å². The Morgan fingerprint density at radius 3 is 2.65 bits per heavy atom. The van der Waals surface area contributed by atoms with Crippen LogP contribution in [0.15, 0.2) is 47.3 Å². The number of benzene rings is 2. The fraction of sp³-hybridized carbons (Fsp3) is 0.176. The van der Waals surface area contributed by atoms with Crippen molar-refractivity contribution < 1.29 is 9.53 Å². The number of carbonyl (C=O) groups is 1. The Labute approximate surface area is 146 Å². The number of carbonyl (C=O) groups excluding carboxylic acids is 1. The molecule has 0 saturated heterocycles. The molecule has 9 heteroatoms. The van der Waals surface area contributed by atoms with Gasteiger partial charge in [-0.15, -0.1) is 10.2 Å². The van der Waals surface area contributed by atoms with Gasteiger partial charge in [0.15, 0.2) is 6.73 Å². The third-order valence-electron chi connectivity index (χ3n) is 4.00. The molecule has 0 atom stereocenters. The molecule has 0 fully saturated rings. The molecule has 0 spiro atoms. The Balaban J connectivity index is 1.55. The van der Waals surface area contributed by atoms with E-state index < -0.39 is 5.97 Å². The highest BCUT2D eigenvalue weighted by molar-refractivity contribution is 5.93. The summed E-state index contributed by atoms with van der Waals surface area (Å²) >= 11 is 0. The predicted molar refractivity (Wildman–Crippen MR) is 92.4 cm³/mol. The zero-order valence-corrected chi connectivity index (χ0v) is 13.9. The summed E-state index contributed by atoms with van der Waals surface area (Å²) in [6, 6.07) is 11.8. The van der Waals surface area contributed by atoms with Gasteiger partial charge in [-0.3, -0.25) is 4.79 Å². The van der Waals surface area contributed by atoms with Crippen LogP contribution in [0.4, 0.5) is 0 Å². The molecule has 0 bridgehead atoms. The van der Waals surface area contributed by atoms with Crippen molar-refractivity contribution in [3.05, 3.63) is 58.4 Å². The summed E-state index contributed by atoms with van der Waals surface area (Å²) in [5, 5.41) is 16.2. The largest absolute Gasteiger partial charge is 0.439 e. The maximum atomic E-state index is 12.3. The molecule has 0 aliphatic heterocycles. The summed E-state index contributed by atoms with van der Waals surface area (Å²) in [7, 11) is 0. The molecule has 0 saturated carbocycles. The molecule has 0 aliphatic rings. The summed E-state index contributed by atoms with van der Waals surface area (Å²) in [4.78, 5) is 24.6. The average Bonchev–Trinajstić information content (AvgIpc) is 3.09. The van der Waals surface area contributed by atoms with Crippen LogP contribution in [0.3, 0.4) is 0 Å². The smallest absolute Gasteiger partial charge is 0.339 e. The first-order chi connectivity index (χ1) is 12.7. The molecule has 2 aromatic heterocycles. The fourth-order valence-corrected chi connectivity index (χ4v) is 2.64. The van der Waals surface area contributed by atoms with Crippen LogP contribution in [-0.2, 0) is 18.0 Å². The van der Waals surface area contributed by atoms with Gasteiger partial charge in [-0.05, 0) is 37.3 Å². The maximum Gasteiger partial charge on any atom is 0.339 e. The van der Waals surface area contributed by atoms with Gasteiger partial charge in [-0.25, -0.2) is 9.48 Å². The summed E-state index contributed by atoms with van der Waals surface area (Å²) in [5.74, 6) is -0.584. The second kappa shape index (κ2) is 6.36. The number of fused-ring (bicyclic) bond motifs is 2. The molecule has 0 amide bonds. The van der Waals surface area contributed by atoms with Gasteiger partial charge < -0.3 is 4.74 Å².